The second kappa shape index (κ2) is 10.0. The Labute approximate surface area is 198 Å². The van der Waals surface area contributed by atoms with Crippen molar-refractivity contribution in [1.29, 1.82) is 0 Å². The molecule has 1 heterocycles. The van der Waals surface area contributed by atoms with E-state index in [4.69, 9.17) is 21.1 Å². The third-order valence-electron chi connectivity index (χ3n) is 5.61. The zero-order valence-electron chi connectivity index (χ0n) is 18.7. The van der Waals surface area contributed by atoms with Gasteiger partial charge in [-0.2, -0.15) is 0 Å². The van der Waals surface area contributed by atoms with Gasteiger partial charge in [-0.25, -0.2) is 4.79 Å². The van der Waals surface area contributed by atoms with Crippen LogP contribution in [0.25, 0.3) is 10.9 Å². The van der Waals surface area contributed by atoms with E-state index in [9.17, 15) is 9.90 Å². The Balaban J connectivity index is 1.38. The maximum absolute atomic E-state index is 11.4. The van der Waals surface area contributed by atoms with Crippen molar-refractivity contribution < 1.29 is 19.4 Å². The number of aromatic nitrogens is 1. The average molecular weight is 464 g/mol. The summed E-state index contributed by atoms with van der Waals surface area (Å²) in [6.45, 7) is 5.56. The lowest BCUT2D eigenvalue weighted by molar-refractivity contribution is 0.0694. The van der Waals surface area contributed by atoms with Crippen LogP contribution in [-0.2, 0) is 13.2 Å². The van der Waals surface area contributed by atoms with Crippen LogP contribution in [0.5, 0.6) is 11.5 Å². The Kier molecular flexibility index (Phi) is 6.90. The van der Waals surface area contributed by atoms with Gasteiger partial charge in [-0.1, -0.05) is 29.8 Å². The number of rotatable bonds is 9. The van der Waals surface area contributed by atoms with E-state index in [-0.39, 0.29) is 12.2 Å². The molecule has 4 aromatic rings. The Hall–Kier alpha value is -3.44. The summed E-state index contributed by atoms with van der Waals surface area (Å²) in [4.78, 5) is 11.4. The molecule has 5 nitrogen and oxygen atoms in total. The van der Waals surface area contributed by atoms with Crippen molar-refractivity contribution in [3.63, 3.8) is 0 Å². The fourth-order valence-electron chi connectivity index (χ4n) is 3.88. The van der Waals surface area contributed by atoms with Gasteiger partial charge < -0.3 is 19.1 Å². The van der Waals surface area contributed by atoms with Gasteiger partial charge in [0.05, 0.1) is 17.7 Å². The molecule has 0 saturated heterocycles. The predicted molar refractivity (Wildman–Crippen MR) is 131 cm³/mol. The highest BCUT2D eigenvalue weighted by molar-refractivity contribution is 6.32. The van der Waals surface area contributed by atoms with E-state index in [0.717, 1.165) is 45.8 Å². The number of aromatic carboxylic acids is 1. The first-order chi connectivity index (χ1) is 15.9. The third-order valence-corrected chi connectivity index (χ3v) is 6.21. The van der Waals surface area contributed by atoms with Gasteiger partial charge in [0.1, 0.15) is 18.1 Å². The monoisotopic (exact) mass is 463 g/mol. The van der Waals surface area contributed by atoms with Gasteiger partial charge in [-0.3, -0.25) is 0 Å². The van der Waals surface area contributed by atoms with E-state index >= 15 is 0 Å². The highest BCUT2D eigenvalue weighted by Crippen LogP contribution is 2.26. The first kappa shape index (κ1) is 22.7. The largest absolute Gasteiger partial charge is 0.494 e. The van der Waals surface area contributed by atoms with Crippen molar-refractivity contribution in [3.8, 4) is 11.5 Å². The standard InChI is InChI=1S/C27H26ClNO4/c1-18-14-23(15-19(2)26(18)28)32-13-5-11-29-12-10-20-8-9-22(16-25(20)29)33-17-21-6-3-4-7-24(21)27(30)31/h3-4,6-10,12,14-16H,5,11,13,17H2,1-2H3,(H,30,31). The third kappa shape index (κ3) is 5.32. The van der Waals surface area contributed by atoms with Crippen molar-refractivity contribution in [2.24, 2.45) is 0 Å². The van der Waals surface area contributed by atoms with Crippen molar-refractivity contribution in [3.05, 3.63) is 94.1 Å². The number of hydrogen-bond donors (Lipinski definition) is 1. The van der Waals surface area contributed by atoms with Crippen LogP contribution in [0.15, 0.2) is 66.9 Å². The number of carbonyl (C=O) groups is 1. The second-order valence-corrected chi connectivity index (χ2v) is 8.43. The molecule has 0 unspecified atom stereocenters. The van der Waals surface area contributed by atoms with Crippen LogP contribution in [0.1, 0.15) is 33.5 Å². The number of carboxylic acids is 1. The maximum atomic E-state index is 11.4. The highest BCUT2D eigenvalue weighted by atomic mass is 35.5. The summed E-state index contributed by atoms with van der Waals surface area (Å²) in [5.74, 6) is 0.583. The van der Waals surface area contributed by atoms with Crippen molar-refractivity contribution in [1.82, 2.24) is 4.57 Å². The van der Waals surface area contributed by atoms with E-state index in [1.807, 2.05) is 50.2 Å². The van der Waals surface area contributed by atoms with Gasteiger partial charge >= 0.3 is 5.97 Å². The summed E-state index contributed by atoms with van der Waals surface area (Å²) in [7, 11) is 0. The highest BCUT2D eigenvalue weighted by Gasteiger charge is 2.10. The summed E-state index contributed by atoms with van der Waals surface area (Å²) >= 11 is 6.23. The SMILES string of the molecule is Cc1cc(OCCCn2ccc3ccc(OCc4ccccc4C(=O)O)cc32)cc(C)c1Cl. The lowest BCUT2D eigenvalue weighted by Gasteiger charge is -2.12. The molecular formula is C27H26ClNO4. The van der Waals surface area contributed by atoms with Crippen LogP contribution in [0.3, 0.4) is 0 Å². The number of ether oxygens (including phenoxy) is 2. The summed E-state index contributed by atoms with van der Waals surface area (Å²) in [5, 5.41) is 11.3. The molecule has 0 amide bonds. The maximum Gasteiger partial charge on any atom is 0.336 e. The Morgan fingerprint density at radius 1 is 0.970 bits per heavy atom. The van der Waals surface area contributed by atoms with Crippen LogP contribution < -0.4 is 9.47 Å². The van der Waals surface area contributed by atoms with E-state index in [2.05, 4.69) is 16.8 Å². The van der Waals surface area contributed by atoms with Gasteiger partial charge in [0.15, 0.2) is 0 Å². The summed E-state index contributed by atoms with van der Waals surface area (Å²) in [5.41, 5.74) is 4.00. The van der Waals surface area contributed by atoms with Gasteiger partial charge in [0, 0.05) is 29.4 Å². The van der Waals surface area contributed by atoms with Crippen LogP contribution in [-0.4, -0.2) is 22.2 Å². The van der Waals surface area contributed by atoms with E-state index in [0.29, 0.717) is 17.9 Å². The van der Waals surface area contributed by atoms with Crippen LogP contribution in [0, 0.1) is 13.8 Å². The van der Waals surface area contributed by atoms with Crippen molar-refractivity contribution in [2.45, 2.75) is 33.4 Å². The zero-order chi connectivity index (χ0) is 23.4. The molecule has 0 saturated carbocycles. The van der Waals surface area contributed by atoms with Crippen LogP contribution >= 0.6 is 11.6 Å². The fourth-order valence-corrected chi connectivity index (χ4v) is 3.99. The molecule has 1 aromatic heterocycles. The number of halogens is 1. The van der Waals surface area contributed by atoms with E-state index in [1.54, 1.807) is 18.2 Å². The van der Waals surface area contributed by atoms with E-state index < -0.39 is 5.97 Å². The zero-order valence-corrected chi connectivity index (χ0v) is 19.4. The number of hydrogen-bond acceptors (Lipinski definition) is 3. The topological polar surface area (TPSA) is 60.7 Å². The number of aryl methyl sites for hydroxylation is 3. The van der Waals surface area contributed by atoms with Gasteiger partial charge in [0.2, 0.25) is 0 Å². The minimum absolute atomic E-state index is 0.197. The molecule has 0 spiro atoms. The number of nitrogens with zero attached hydrogens (tertiary/aromatic N) is 1. The smallest absolute Gasteiger partial charge is 0.336 e. The number of fused-ring (bicyclic) bond motifs is 1. The van der Waals surface area contributed by atoms with Gasteiger partial charge in [-0.05, 0) is 73.2 Å². The number of benzene rings is 3. The molecule has 4 rings (SSSR count). The molecule has 0 aliphatic heterocycles. The second-order valence-electron chi connectivity index (χ2n) is 8.05. The molecular weight excluding hydrogens is 438 g/mol. The van der Waals surface area contributed by atoms with Gasteiger partial charge in [-0.15, -0.1) is 0 Å². The Morgan fingerprint density at radius 2 is 1.73 bits per heavy atom. The molecule has 170 valence electrons. The molecule has 3 aromatic carbocycles. The van der Waals surface area contributed by atoms with Gasteiger partial charge in [0.25, 0.3) is 0 Å². The molecule has 33 heavy (non-hydrogen) atoms. The van der Waals surface area contributed by atoms with Crippen LogP contribution in [0.4, 0.5) is 0 Å². The molecule has 0 radical (unpaired) electrons. The molecule has 0 aliphatic rings. The lowest BCUT2D eigenvalue weighted by atomic mass is 10.1. The summed E-state index contributed by atoms with van der Waals surface area (Å²) in [6, 6.07) is 18.8. The molecule has 0 fully saturated rings. The van der Waals surface area contributed by atoms with Crippen molar-refractivity contribution >= 4 is 28.5 Å². The quantitative estimate of drug-likeness (QED) is 0.282. The Morgan fingerprint density at radius 3 is 2.48 bits per heavy atom. The molecule has 1 N–H and O–H groups in total. The first-order valence-corrected chi connectivity index (χ1v) is 11.2. The Bertz CT molecular complexity index is 1270. The molecule has 6 heteroatoms. The fraction of sp³-hybridized carbons (Fsp3) is 0.222. The van der Waals surface area contributed by atoms with E-state index in [1.165, 1.54) is 0 Å². The van der Waals surface area contributed by atoms with Crippen molar-refractivity contribution in [2.75, 3.05) is 6.61 Å². The minimum atomic E-state index is -0.954. The number of carboxylic acid groups (broad SMARTS) is 1. The first-order valence-electron chi connectivity index (χ1n) is 10.8. The molecule has 0 atom stereocenters. The lowest BCUT2D eigenvalue weighted by Crippen LogP contribution is -2.06. The predicted octanol–water partition coefficient (Wildman–Crippen LogP) is 6.66. The average Bonchev–Trinajstić information content (AvgIpc) is 3.21. The van der Waals surface area contributed by atoms with Crippen LogP contribution in [0.2, 0.25) is 5.02 Å². The minimum Gasteiger partial charge on any atom is -0.494 e. The summed E-state index contributed by atoms with van der Waals surface area (Å²) < 4.78 is 14.0. The normalized spacial score (nSPS) is 11.0. The molecule has 0 bridgehead atoms. The molecule has 0 aliphatic carbocycles. The summed E-state index contributed by atoms with van der Waals surface area (Å²) in [6.07, 6.45) is 2.91.